The second-order valence-corrected chi connectivity index (χ2v) is 9.80. The number of rotatable bonds is 6. The number of nitrogens with zero attached hydrogens (tertiary/aromatic N) is 6. The predicted octanol–water partition coefficient (Wildman–Crippen LogP) is 1.51. The summed E-state index contributed by atoms with van der Waals surface area (Å²) in [5.74, 6) is -1.62. The van der Waals surface area contributed by atoms with Crippen LogP contribution in [-0.2, 0) is 14.8 Å². The van der Waals surface area contributed by atoms with E-state index in [1.165, 1.54) is 21.1 Å². The van der Waals surface area contributed by atoms with E-state index in [9.17, 15) is 17.6 Å². The van der Waals surface area contributed by atoms with E-state index in [-0.39, 0.29) is 11.4 Å². The molecule has 174 valence electrons. The molecular formula is C21H24FN7O3S. The van der Waals surface area contributed by atoms with Crippen LogP contribution in [0.5, 0.6) is 0 Å². The van der Waals surface area contributed by atoms with Gasteiger partial charge >= 0.3 is 0 Å². The number of hydrogen-bond acceptors (Lipinski definition) is 7. The molecular weight excluding hydrogens is 449 g/mol. The molecule has 1 amide bonds. The Bertz CT molecular complexity index is 1270. The van der Waals surface area contributed by atoms with Crippen LogP contribution >= 0.6 is 0 Å². The summed E-state index contributed by atoms with van der Waals surface area (Å²) in [6.45, 7) is 5.28. The van der Waals surface area contributed by atoms with Crippen LogP contribution in [0.4, 0.5) is 15.8 Å². The van der Waals surface area contributed by atoms with E-state index in [4.69, 9.17) is 0 Å². The van der Waals surface area contributed by atoms with Crippen LogP contribution in [0, 0.1) is 19.7 Å². The van der Waals surface area contributed by atoms with Crippen molar-refractivity contribution in [3.8, 4) is 5.69 Å². The van der Waals surface area contributed by atoms with Gasteiger partial charge in [-0.2, -0.15) is 8.99 Å². The number of aryl methyl sites for hydroxylation is 2. The molecule has 1 aromatic heterocycles. The Morgan fingerprint density at radius 3 is 2.52 bits per heavy atom. The number of piperazine rings is 1. The number of nitrogens with one attached hydrogen (secondary N) is 1. The van der Waals surface area contributed by atoms with Gasteiger partial charge in [0.2, 0.25) is 15.9 Å². The van der Waals surface area contributed by atoms with Crippen molar-refractivity contribution in [2.24, 2.45) is 0 Å². The minimum absolute atomic E-state index is 0.0467. The topological polar surface area (TPSA) is 113 Å². The Morgan fingerprint density at radius 2 is 1.85 bits per heavy atom. The number of amides is 1. The number of benzene rings is 2. The third-order valence-electron chi connectivity index (χ3n) is 5.40. The highest BCUT2D eigenvalue weighted by Gasteiger charge is 2.29. The standard InChI is InChI=1S/C21H24FN7O3S/c1-15-4-3-5-18(12-15)27-8-10-28(11-9-27)33(31,32)14-21(30)23-17-6-7-19(22)20(13-17)29-16(2)24-25-26-29/h3-7,12-13H,8-11,14H2,1-2H3,(H,23,30). The summed E-state index contributed by atoms with van der Waals surface area (Å²) in [5, 5.41) is 13.4. The third kappa shape index (κ3) is 5.17. The van der Waals surface area contributed by atoms with Crippen molar-refractivity contribution in [1.82, 2.24) is 24.5 Å². The molecule has 0 unspecified atom stereocenters. The van der Waals surface area contributed by atoms with Crippen molar-refractivity contribution >= 4 is 27.3 Å². The molecule has 1 aliphatic rings. The Labute approximate surface area is 191 Å². The molecule has 0 bridgehead atoms. The largest absolute Gasteiger partial charge is 0.369 e. The smallest absolute Gasteiger partial charge is 0.241 e. The molecule has 0 spiro atoms. The lowest BCUT2D eigenvalue weighted by Gasteiger charge is -2.35. The summed E-state index contributed by atoms with van der Waals surface area (Å²) < 4.78 is 42.3. The zero-order valence-electron chi connectivity index (χ0n) is 18.3. The van der Waals surface area contributed by atoms with Gasteiger partial charge in [0.15, 0.2) is 5.82 Å². The average Bonchev–Trinajstić information content (AvgIpc) is 3.20. The monoisotopic (exact) mass is 473 g/mol. The quantitative estimate of drug-likeness (QED) is 0.577. The fourth-order valence-corrected chi connectivity index (χ4v) is 5.02. The maximum Gasteiger partial charge on any atom is 0.241 e. The number of anilines is 2. The van der Waals surface area contributed by atoms with Gasteiger partial charge in [0, 0.05) is 37.6 Å². The Kier molecular flexibility index (Phi) is 6.38. The highest BCUT2D eigenvalue weighted by Crippen LogP contribution is 2.21. The lowest BCUT2D eigenvalue weighted by atomic mass is 10.2. The van der Waals surface area contributed by atoms with Crippen LogP contribution in [0.1, 0.15) is 11.4 Å². The molecule has 4 rings (SSSR count). The zero-order valence-corrected chi connectivity index (χ0v) is 19.1. The van der Waals surface area contributed by atoms with Gasteiger partial charge < -0.3 is 10.2 Å². The minimum atomic E-state index is -3.80. The van der Waals surface area contributed by atoms with Crippen molar-refractivity contribution in [2.75, 3.05) is 42.1 Å². The SMILES string of the molecule is Cc1cccc(N2CCN(S(=O)(=O)CC(=O)Nc3ccc(F)c(-n4nnnc4C)c3)CC2)c1. The summed E-state index contributed by atoms with van der Waals surface area (Å²) in [4.78, 5) is 14.6. The average molecular weight is 474 g/mol. The Morgan fingerprint density at radius 1 is 1.09 bits per heavy atom. The maximum absolute atomic E-state index is 14.2. The second kappa shape index (κ2) is 9.24. The van der Waals surface area contributed by atoms with Gasteiger partial charge in [-0.3, -0.25) is 4.79 Å². The minimum Gasteiger partial charge on any atom is -0.369 e. The van der Waals surface area contributed by atoms with Gasteiger partial charge in [0.05, 0.1) is 0 Å². The second-order valence-electron chi connectivity index (χ2n) is 7.83. The summed E-state index contributed by atoms with van der Waals surface area (Å²) in [7, 11) is -3.80. The number of tetrazole rings is 1. The van der Waals surface area contributed by atoms with E-state index in [2.05, 4.69) is 31.8 Å². The molecule has 2 heterocycles. The van der Waals surface area contributed by atoms with E-state index in [0.29, 0.717) is 32.0 Å². The van der Waals surface area contributed by atoms with Gasteiger partial charge in [0.1, 0.15) is 17.3 Å². The Balaban J connectivity index is 1.38. The maximum atomic E-state index is 14.2. The van der Waals surface area contributed by atoms with Crippen molar-refractivity contribution in [2.45, 2.75) is 13.8 Å². The van der Waals surface area contributed by atoms with Crippen LogP contribution < -0.4 is 10.2 Å². The van der Waals surface area contributed by atoms with Gasteiger partial charge in [-0.05, 0) is 60.2 Å². The normalized spacial score (nSPS) is 14.9. The number of carbonyl (C=O) groups excluding carboxylic acids is 1. The summed E-state index contributed by atoms with van der Waals surface area (Å²) in [6.07, 6.45) is 0. The van der Waals surface area contributed by atoms with E-state index >= 15 is 0 Å². The lowest BCUT2D eigenvalue weighted by molar-refractivity contribution is -0.113. The van der Waals surface area contributed by atoms with E-state index in [1.54, 1.807) is 6.92 Å². The zero-order chi connectivity index (χ0) is 23.6. The van der Waals surface area contributed by atoms with E-state index in [1.807, 2.05) is 25.1 Å². The van der Waals surface area contributed by atoms with Gasteiger partial charge in [-0.1, -0.05) is 12.1 Å². The first kappa shape index (κ1) is 22.8. The first-order valence-electron chi connectivity index (χ1n) is 10.4. The molecule has 0 radical (unpaired) electrons. The van der Waals surface area contributed by atoms with Crippen molar-refractivity contribution in [3.63, 3.8) is 0 Å². The highest BCUT2D eigenvalue weighted by molar-refractivity contribution is 7.89. The summed E-state index contributed by atoms with van der Waals surface area (Å²) in [5.41, 5.74) is 2.48. The third-order valence-corrected chi connectivity index (χ3v) is 7.17. The molecule has 0 saturated carbocycles. The van der Waals surface area contributed by atoms with Crippen LogP contribution in [0.15, 0.2) is 42.5 Å². The molecule has 1 fully saturated rings. The number of halogens is 1. The van der Waals surface area contributed by atoms with Crippen molar-refractivity contribution in [1.29, 1.82) is 0 Å². The van der Waals surface area contributed by atoms with Crippen molar-refractivity contribution < 1.29 is 17.6 Å². The predicted molar refractivity (Wildman–Crippen MR) is 121 cm³/mol. The highest BCUT2D eigenvalue weighted by atomic mass is 32.2. The molecule has 0 atom stereocenters. The number of carbonyl (C=O) groups is 1. The molecule has 0 aliphatic carbocycles. The molecule has 10 nitrogen and oxygen atoms in total. The number of aromatic nitrogens is 4. The van der Waals surface area contributed by atoms with Crippen molar-refractivity contribution in [3.05, 3.63) is 59.7 Å². The number of sulfonamides is 1. The fourth-order valence-electron chi connectivity index (χ4n) is 3.71. The Hall–Kier alpha value is -3.38. The van der Waals surface area contributed by atoms with Crippen LogP contribution in [-0.4, -0.2) is 70.8 Å². The van der Waals surface area contributed by atoms with E-state index < -0.39 is 27.5 Å². The number of hydrogen-bond donors (Lipinski definition) is 1. The van der Waals surface area contributed by atoms with Crippen LogP contribution in [0.25, 0.3) is 5.69 Å². The molecule has 3 aromatic rings. The molecule has 1 N–H and O–H groups in total. The lowest BCUT2D eigenvalue weighted by Crippen LogP contribution is -2.50. The van der Waals surface area contributed by atoms with Crippen LogP contribution in [0.2, 0.25) is 0 Å². The first-order valence-corrected chi connectivity index (χ1v) is 12.0. The van der Waals surface area contributed by atoms with Crippen LogP contribution in [0.3, 0.4) is 0 Å². The molecule has 1 aliphatic heterocycles. The van der Waals surface area contributed by atoms with Gasteiger partial charge in [-0.25, -0.2) is 12.8 Å². The van der Waals surface area contributed by atoms with Gasteiger partial charge in [0.25, 0.3) is 0 Å². The molecule has 12 heteroatoms. The van der Waals surface area contributed by atoms with E-state index in [0.717, 1.165) is 17.3 Å². The fraction of sp³-hybridized carbons (Fsp3) is 0.333. The van der Waals surface area contributed by atoms with Gasteiger partial charge in [-0.15, -0.1) is 5.10 Å². The molecule has 2 aromatic carbocycles. The molecule has 1 saturated heterocycles. The summed E-state index contributed by atoms with van der Waals surface area (Å²) >= 11 is 0. The first-order chi connectivity index (χ1) is 15.7. The summed E-state index contributed by atoms with van der Waals surface area (Å²) in [6, 6.07) is 11.9. The molecule has 33 heavy (non-hydrogen) atoms.